The molecule has 3 aliphatic carbocycles. The summed E-state index contributed by atoms with van der Waals surface area (Å²) in [5.74, 6) is -4.57. The van der Waals surface area contributed by atoms with E-state index in [1.807, 2.05) is 0 Å². The Balaban J connectivity index is 1.32. The van der Waals surface area contributed by atoms with Crippen LogP contribution in [0.4, 0.5) is 39.5 Å². The smallest absolute Gasteiger partial charge is 0.346 e. The summed E-state index contributed by atoms with van der Waals surface area (Å²) in [5.41, 5.74) is -3.57. The molecule has 3 atom stereocenters. The SMILES string of the molecule is CC(C)(C#Cc1ccc(-c2ccc(Cl)c3c(CS(=O)(=O)C4CC4)nn(CC(F)(F)F)c23)c(C(Cc2cc(F)cc(F)c2)NC(=O)Cn2nc(C(F)F)c3c2C(F)(F)[C@@H]2C[C@H]32)n1)S(C)(=O)=O. The summed E-state index contributed by atoms with van der Waals surface area (Å²) in [4.78, 5) is 18.7. The van der Waals surface area contributed by atoms with E-state index in [0.29, 0.717) is 28.3 Å². The molecule has 1 N–H and O–H groups in total. The largest absolute Gasteiger partial charge is 0.408 e. The van der Waals surface area contributed by atoms with Gasteiger partial charge < -0.3 is 5.32 Å². The Labute approximate surface area is 370 Å². The van der Waals surface area contributed by atoms with Gasteiger partial charge in [0.15, 0.2) is 19.7 Å². The molecule has 2 aromatic carbocycles. The summed E-state index contributed by atoms with van der Waals surface area (Å²) < 4.78 is 182. The van der Waals surface area contributed by atoms with Crippen LogP contribution in [0.2, 0.25) is 5.02 Å². The molecule has 23 heteroatoms. The van der Waals surface area contributed by atoms with Crippen molar-refractivity contribution in [2.75, 3.05) is 6.26 Å². The fourth-order valence-corrected chi connectivity index (χ4v) is 10.3. The number of aromatic nitrogens is 5. The molecule has 0 aliphatic heterocycles. The molecule has 8 rings (SSSR count). The van der Waals surface area contributed by atoms with Gasteiger partial charge in [-0.3, -0.25) is 14.2 Å². The lowest BCUT2D eigenvalue weighted by atomic mass is 9.93. The molecule has 5 aromatic rings. The average Bonchev–Trinajstić information content (AvgIpc) is 4.10. The number of rotatable bonds is 13. The minimum absolute atomic E-state index is 0.0589. The Hall–Kier alpha value is -5.14. The first-order chi connectivity index (χ1) is 30.1. The first kappa shape index (κ1) is 46.4. The van der Waals surface area contributed by atoms with Gasteiger partial charge in [0.1, 0.15) is 46.6 Å². The van der Waals surface area contributed by atoms with Crippen molar-refractivity contribution in [2.45, 2.75) is 98.9 Å². The van der Waals surface area contributed by atoms with Crippen LogP contribution in [0.15, 0.2) is 42.5 Å². The lowest BCUT2D eigenvalue weighted by molar-refractivity contribution is -0.141. The van der Waals surface area contributed by atoms with Gasteiger partial charge in [-0.1, -0.05) is 23.6 Å². The van der Waals surface area contributed by atoms with Crippen molar-refractivity contribution in [1.29, 1.82) is 0 Å². The minimum atomic E-state index is -4.93. The van der Waals surface area contributed by atoms with Gasteiger partial charge in [0.25, 0.3) is 12.3 Å². The number of amides is 1. The summed E-state index contributed by atoms with van der Waals surface area (Å²) in [6.07, 6.45) is -7.19. The van der Waals surface area contributed by atoms with E-state index in [4.69, 9.17) is 11.6 Å². The van der Waals surface area contributed by atoms with E-state index in [1.54, 1.807) is 0 Å². The lowest BCUT2D eigenvalue weighted by Gasteiger charge is -2.23. The topological polar surface area (TPSA) is 146 Å². The molecule has 3 heterocycles. The quantitative estimate of drug-likeness (QED) is 0.0917. The number of carbonyl (C=O) groups is 1. The third kappa shape index (κ3) is 9.07. The second kappa shape index (κ2) is 16.0. The van der Waals surface area contributed by atoms with E-state index in [9.17, 15) is 52.4 Å². The van der Waals surface area contributed by atoms with E-state index in [0.717, 1.165) is 18.4 Å². The standard InChI is InChI=1S/C42H36ClF9N6O5S2/c1-40(2,64(3,60)61)11-10-23-4-7-25(26-8-9-29(43)34-31(18-65(62,63)24-5-6-24)55-58(37(26)34)19-41(48,49)50)35(53-23)30(14-20-12-21(44)15-22(45)13-20)54-32(59)17-57-38-33(36(56-57)39(46)47)27-16-28(27)42(38,51)52/h4,7-9,12-13,15,24,27-28,30,39H,5-6,14,16-19H2,1-3H3,(H,54,59)/t27-,28+,30?/m0/s1. The number of sulfone groups is 2. The Bertz CT molecular complexity index is 3060. The molecule has 3 aliphatic rings. The van der Waals surface area contributed by atoms with Crippen molar-refractivity contribution < 1.29 is 61.1 Å². The molecule has 0 bridgehead atoms. The Morgan fingerprint density at radius 1 is 0.969 bits per heavy atom. The van der Waals surface area contributed by atoms with Crippen LogP contribution in [0.25, 0.3) is 22.0 Å². The van der Waals surface area contributed by atoms with Crippen LogP contribution in [0, 0.1) is 29.4 Å². The fraction of sp³-hybridized carbons (Fsp3) is 0.429. The maximum Gasteiger partial charge on any atom is 0.408 e. The van der Waals surface area contributed by atoms with Gasteiger partial charge in [-0.25, -0.2) is 39.4 Å². The van der Waals surface area contributed by atoms with Crippen LogP contribution in [-0.4, -0.2) is 69.7 Å². The molecule has 1 unspecified atom stereocenters. The number of fused-ring (bicyclic) bond motifs is 4. The first-order valence-electron chi connectivity index (χ1n) is 19.9. The van der Waals surface area contributed by atoms with Crippen molar-refractivity contribution in [3.63, 3.8) is 0 Å². The zero-order valence-electron chi connectivity index (χ0n) is 34.3. The lowest BCUT2D eigenvalue weighted by Crippen LogP contribution is -2.35. The average molecular weight is 975 g/mol. The first-order valence-corrected chi connectivity index (χ1v) is 23.9. The Morgan fingerprint density at radius 2 is 1.63 bits per heavy atom. The molecule has 2 fully saturated rings. The Morgan fingerprint density at radius 3 is 2.25 bits per heavy atom. The minimum Gasteiger partial charge on any atom is -0.346 e. The molecule has 11 nitrogen and oxygen atoms in total. The molecule has 3 aromatic heterocycles. The normalized spacial score (nSPS) is 18.6. The van der Waals surface area contributed by atoms with E-state index < -0.39 is 120 Å². The van der Waals surface area contributed by atoms with Gasteiger partial charge >= 0.3 is 6.18 Å². The van der Waals surface area contributed by atoms with Gasteiger partial charge in [0, 0.05) is 40.3 Å². The predicted molar refractivity (Wildman–Crippen MR) is 218 cm³/mol. The number of hydrogen-bond donors (Lipinski definition) is 1. The maximum absolute atomic E-state index is 15.5. The number of pyridine rings is 1. The summed E-state index contributed by atoms with van der Waals surface area (Å²) in [7, 11) is -7.72. The van der Waals surface area contributed by atoms with Gasteiger partial charge in [0.05, 0.1) is 39.0 Å². The summed E-state index contributed by atoms with van der Waals surface area (Å²) >= 11 is 6.61. The second-order valence-electron chi connectivity index (χ2n) is 17.0. The highest BCUT2D eigenvalue weighted by Gasteiger charge is 2.67. The number of halogens is 10. The summed E-state index contributed by atoms with van der Waals surface area (Å²) in [6.45, 7) is -0.204. The molecule has 1 amide bonds. The van der Waals surface area contributed by atoms with Crippen molar-refractivity contribution in [1.82, 2.24) is 29.9 Å². The van der Waals surface area contributed by atoms with Crippen LogP contribution >= 0.6 is 11.6 Å². The van der Waals surface area contributed by atoms with Crippen LogP contribution in [0.5, 0.6) is 0 Å². The van der Waals surface area contributed by atoms with Crippen LogP contribution in [0.3, 0.4) is 0 Å². The molecule has 2 saturated carbocycles. The number of alkyl halides is 7. The van der Waals surface area contributed by atoms with E-state index in [2.05, 4.69) is 32.3 Å². The van der Waals surface area contributed by atoms with Gasteiger partial charge in [0.2, 0.25) is 5.91 Å². The van der Waals surface area contributed by atoms with Crippen LogP contribution in [0.1, 0.15) is 91.1 Å². The predicted octanol–water partition coefficient (Wildman–Crippen LogP) is 8.29. The van der Waals surface area contributed by atoms with Crippen molar-refractivity contribution in [2.24, 2.45) is 5.92 Å². The number of hydrogen-bond acceptors (Lipinski definition) is 8. The summed E-state index contributed by atoms with van der Waals surface area (Å²) in [5, 5.41) is 9.26. The number of nitrogens with zero attached hydrogens (tertiary/aromatic N) is 5. The van der Waals surface area contributed by atoms with Crippen molar-refractivity contribution >= 4 is 48.1 Å². The third-order valence-electron chi connectivity index (χ3n) is 11.7. The zero-order chi connectivity index (χ0) is 47.3. The number of nitrogens with one attached hydrogen (secondary N) is 1. The molecule has 0 radical (unpaired) electrons. The van der Waals surface area contributed by atoms with E-state index >= 15 is 8.78 Å². The van der Waals surface area contributed by atoms with Gasteiger partial charge in [-0.15, -0.1) is 0 Å². The molecule has 346 valence electrons. The Kier molecular flexibility index (Phi) is 11.4. The van der Waals surface area contributed by atoms with Crippen molar-refractivity contribution in [3.05, 3.63) is 98.7 Å². The monoisotopic (exact) mass is 974 g/mol. The summed E-state index contributed by atoms with van der Waals surface area (Å²) in [6, 6.07) is 5.83. The van der Waals surface area contributed by atoms with E-state index in [-0.39, 0.29) is 61.7 Å². The van der Waals surface area contributed by atoms with Crippen molar-refractivity contribution in [3.8, 4) is 23.0 Å². The third-order valence-corrected chi connectivity index (χ3v) is 16.2. The number of carbonyl (C=O) groups excluding carboxylic acids is 1. The molecule has 0 spiro atoms. The highest BCUT2D eigenvalue weighted by Crippen LogP contribution is 2.68. The molecule has 0 saturated heterocycles. The highest BCUT2D eigenvalue weighted by molar-refractivity contribution is 7.92. The second-order valence-corrected chi connectivity index (χ2v) is 22.2. The molecular formula is C42H36ClF9N6O5S2. The van der Waals surface area contributed by atoms with Crippen LogP contribution in [-0.2, 0) is 55.7 Å². The highest BCUT2D eigenvalue weighted by atomic mass is 35.5. The molecule has 65 heavy (non-hydrogen) atoms. The zero-order valence-corrected chi connectivity index (χ0v) is 36.6. The number of benzene rings is 2. The van der Waals surface area contributed by atoms with Gasteiger partial charge in [-0.2, -0.15) is 32.1 Å². The van der Waals surface area contributed by atoms with Crippen LogP contribution < -0.4 is 5.32 Å². The molecular weight excluding hydrogens is 939 g/mol. The van der Waals surface area contributed by atoms with E-state index in [1.165, 1.54) is 38.1 Å². The maximum atomic E-state index is 15.5. The fourth-order valence-electron chi connectivity index (χ4n) is 8.17. The van der Waals surface area contributed by atoms with Gasteiger partial charge in [-0.05, 0) is 87.3 Å².